The van der Waals surface area contributed by atoms with Crippen LogP contribution in [0.1, 0.15) is 11.1 Å². The number of rotatable bonds is 7. The van der Waals surface area contributed by atoms with Gasteiger partial charge in [-0.05, 0) is 98.5 Å². The van der Waals surface area contributed by atoms with Gasteiger partial charge in [-0.15, -0.1) is 0 Å². The molecule has 9 aromatic carbocycles. The first-order chi connectivity index (χ1) is 28.2. The topological polar surface area (TPSA) is 16.4 Å². The molecule has 2 nitrogen and oxygen atoms in total. The molecule has 1 aliphatic rings. The van der Waals surface area contributed by atoms with Gasteiger partial charge in [0.25, 0.3) is 0 Å². The minimum absolute atomic E-state index is 0.917. The Labute approximate surface area is 332 Å². The van der Waals surface area contributed by atoms with Gasteiger partial charge in [0.05, 0.1) is 0 Å². The van der Waals surface area contributed by atoms with Gasteiger partial charge in [0.2, 0.25) is 0 Å². The predicted molar refractivity (Wildman–Crippen MR) is 238 cm³/mol. The summed E-state index contributed by atoms with van der Waals surface area (Å²) < 4.78 is 6.71. The Bertz CT molecular complexity index is 3050. The maximum absolute atomic E-state index is 6.71. The summed E-state index contributed by atoms with van der Waals surface area (Å²) in [5.74, 6) is 0. The highest BCUT2D eigenvalue weighted by Crippen LogP contribution is 2.44. The van der Waals surface area contributed by atoms with Gasteiger partial charge in [0.15, 0.2) is 0 Å². The second-order valence-corrected chi connectivity index (χ2v) is 14.9. The van der Waals surface area contributed by atoms with E-state index in [0.29, 0.717) is 0 Å². The van der Waals surface area contributed by atoms with Crippen LogP contribution >= 0.6 is 0 Å². The third-order valence-electron chi connectivity index (χ3n) is 11.5. The van der Waals surface area contributed by atoms with E-state index in [4.69, 9.17) is 4.42 Å². The van der Waals surface area contributed by atoms with Crippen LogP contribution in [0.4, 0.5) is 17.1 Å². The highest BCUT2D eigenvalue weighted by Gasteiger charge is 2.21. The monoisotopic (exact) mass is 727 g/mol. The molecule has 0 unspecified atom stereocenters. The summed E-state index contributed by atoms with van der Waals surface area (Å²) in [4.78, 5) is 2.38. The lowest BCUT2D eigenvalue weighted by Gasteiger charge is -2.26. The van der Waals surface area contributed by atoms with E-state index in [-0.39, 0.29) is 0 Å². The van der Waals surface area contributed by atoms with Gasteiger partial charge in [-0.2, -0.15) is 0 Å². The zero-order valence-corrected chi connectivity index (χ0v) is 31.3. The average Bonchev–Trinajstić information content (AvgIpc) is 3.86. The third-order valence-corrected chi connectivity index (χ3v) is 11.5. The van der Waals surface area contributed by atoms with E-state index in [1.54, 1.807) is 0 Å². The van der Waals surface area contributed by atoms with Crippen molar-refractivity contribution in [2.24, 2.45) is 0 Å². The standard InChI is InChI=1S/C55H37NO/c1-3-11-37(12-4-1)39-25-30-45(31-26-39)56(47-34-29-44-35-43-15-7-8-16-48(43)53(44)36-47)46-32-27-40(28-33-46)38-21-23-42(24-22-38)50-18-10-20-52-51-19-9-17-49(54(51)57-55(50)52)41-13-5-2-6-14-41/h1-34,36H,35H2. The maximum atomic E-state index is 6.71. The Kier molecular flexibility index (Phi) is 7.93. The van der Waals surface area contributed by atoms with Gasteiger partial charge in [-0.3, -0.25) is 0 Å². The summed E-state index contributed by atoms with van der Waals surface area (Å²) in [5.41, 5.74) is 19.9. The molecule has 1 aliphatic carbocycles. The number of nitrogens with zero attached hydrogens (tertiary/aromatic N) is 1. The van der Waals surface area contributed by atoms with Crippen LogP contribution in [-0.4, -0.2) is 0 Å². The molecule has 0 atom stereocenters. The molecule has 1 heterocycles. The number of anilines is 3. The van der Waals surface area contributed by atoms with Crippen molar-refractivity contribution < 1.29 is 4.42 Å². The Morgan fingerprint density at radius 2 is 0.719 bits per heavy atom. The summed E-state index contributed by atoms with van der Waals surface area (Å²) in [6, 6.07) is 76.4. The lowest BCUT2D eigenvalue weighted by Crippen LogP contribution is -2.10. The minimum Gasteiger partial charge on any atom is -0.455 e. The second-order valence-electron chi connectivity index (χ2n) is 14.9. The van der Waals surface area contributed by atoms with Crippen LogP contribution in [0.5, 0.6) is 0 Å². The molecule has 0 N–H and O–H groups in total. The molecule has 0 spiro atoms. The van der Waals surface area contributed by atoms with Crippen LogP contribution < -0.4 is 4.90 Å². The highest BCUT2D eigenvalue weighted by molar-refractivity contribution is 6.13. The molecule has 0 radical (unpaired) electrons. The van der Waals surface area contributed by atoms with Crippen molar-refractivity contribution in [1.29, 1.82) is 0 Å². The Morgan fingerprint density at radius 3 is 1.32 bits per heavy atom. The Hall–Kier alpha value is -7.42. The number of hydrogen-bond donors (Lipinski definition) is 0. The summed E-state index contributed by atoms with van der Waals surface area (Å²) >= 11 is 0. The molecule has 0 saturated heterocycles. The van der Waals surface area contributed by atoms with Crippen LogP contribution in [0.2, 0.25) is 0 Å². The second kappa shape index (κ2) is 13.7. The van der Waals surface area contributed by atoms with Crippen molar-refractivity contribution in [2.75, 3.05) is 4.90 Å². The zero-order valence-electron chi connectivity index (χ0n) is 31.3. The summed E-state index contributed by atoms with van der Waals surface area (Å²) in [5, 5.41) is 2.27. The zero-order chi connectivity index (χ0) is 37.7. The maximum Gasteiger partial charge on any atom is 0.143 e. The first-order valence-electron chi connectivity index (χ1n) is 19.6. The first kappa shape index (κ1) is 33.0. The number of furan rings is 1. The third kappa shape index (κ3) is 5.82. The van der Waals surface area contributed by atoms with Gasteiger partial charge in [-0.25, -0.2) is 0 Å². The van der Waals surface area contributed by atoms with Gasteiger partial charge in [0.1, 0.15) is 11.2 Å². The van der Waals surface area contributed by atoms with Gasteiger partial charge < -0.3 is 9.32 Å². The van der Waals surface area contributed by atoms with Crippen molar-refractivity contribution in [2.45, 2.75) is 6.42 Å². The molecule has 11 rings (SSSR count). The fraction of sp³-hybridized carbons (Fsp3) is 0.0182. The molecular weight excluding hydrogens is 691 g/mol. The van der Waals surface area contributed by atoms with Crippen molar-refractivity contribution in [3.8, 4) is 55.6 Å². The molecule has 0 fully saturated rings. The summed E-state index contributed by atoms with van der Waals surface area (Å²) in [6.45, 7) is 0. The van der Waals surface area contributed by atoms with Crippen LogP contribution in [0.15, 0.2) is 217 Å². The molecule has 268 valence electrons. The quantitative estimate of drug-likeness (QED) is 0.163. The molecule has 0 amide bonds. The van der Waals surface area contributed by atoms with Crippen molar-refractivity contribution in [3.05, 3.63) is 223 Å². The van der Waals surface area contributed by atoms with E-state index in [1.807, 2.05) is 6.07 Å². The van der Waals surface area contributed by atoms with Crippen molar-refractivity contribution in [1.82, 2.24) is 0 Å². The molecule has 1 aromatic heterocycles. The van der Waals surface area contributed by atoms with Gasteiger partial charge in [-0.1, -0.05) is 176 Å². The Balaban J connectivity index is 0.934. The molecule has 2 heteroatoms. The van der Waals surface area contributed by atoms with E-state index in [1.165, 1.54) is 44.5 Å². The van der Waals surface area contributed by atoms with Gasteiger partial charge >= 0.3 is 0 Å². The Morgan fingerprint density at radius 1 is 0.298 bits per heavy atom. The number of benzene rings is 9. The molecule has 10 aromatic rings. The van der Waals surface area contributed by atoms with Gasteiger partial charge in [0, 0.05) is 39.0 Å². The number of para-hydroxylation sites is 2. The van der Waals surface area contributed by atoms with Crippen LogP contribution in [0.3, 0.4) is 0 Å². The van der Waals surface area contributed by atoms with E-state index in [9.17, 15) is 0 Å². The lowest BCUT2D eigenvalue weighted by molar-refractivity contribution is 0.671. The molecule has 0 aliphatic heterocycles. The van der Waals surface area contributed by atoms with Crippen LogP contribution in [0, 0.1) is 0 Å². The largest absolute Gasteiger partial charge is 0.455 e. The molecule has 0 bridgehead atoms. The van der Waals surface area contributed by atoms with Crippen molar-refractivity contribution in [3.63, 3.8) is 0 Å². The van der Waals surface area contributed by atoms with E-state index < -0.39 is 0 Å². The van der Waals surface area contributed by atoms with Crippen molar-refractivity contribution >= 4 is 39.0 Å². The fourth-order valence-electron chi connectivity index (χ4n) is 8.67. The van der Waals surface area contributed by atoms with E-state index >= 15 is 0 Å². The molecule has 0 saturated carbocycles. The average molecular weight is 728 g/mol. The number of fused-ring (bicyclic) bond motifs is 6. The van der Waals surface area contributed by atoms with Crippen LogP contribution in [-0.2, 0) is 6.42 Å². The van der Waals surface area contributed by atoms with Crippen LogP contribution in [0.25, 0.3) is 77.6 Å². The summed E-state index contributed by atoms with van der Waals surface area (Å²) in [6.07, 6.45) is 0.980. The van der Waals surface area contributed by atoms with E-state index in [0.717, 1.165) is 67.7 Å². The molecule has 57 heavy (non-hydrogen) atoms. The SMILES string of the molecule is c1ccc(-c2ccc(N(c3ccc(-c4ccc(-c5cccc6c5oc5c(-c7ccccc7)cccc56)cc4)cc3)c3ccc4c(c3)-c3ccccc3C4)cc2)cc1. The summed E-state index contributed by atoms with van der Waals surface area (Å²) in [7, 11) is 0. The van der Waals surface area contributed by atoms with E-state index in [2.05, 4.69) is 211 Å². The molecular formula is C55H37NO. The first-order valence-corrected chi connectivity index (χ1v) is 19.6. The highest BCUT2D eigenvalue weighted by atomic mass is 16.3. The predicted octanol–water partition coefficient (Wildman–Crippen LogP) is 15.3. The number of hydrogen-bond acceptors (Lipinski definition) is 2. The normalized spacial score (nSPS) is 11.8. The fourth-order valence-corrected chi connectivity index (χ4v) is 8.67. The lowest BCUT2D eigenvalue weighted by atomic mass is 9.98. The minimum atomic E-state index is 0.917. The smallest absolute Gasteiger partial charge is 0.143 e.